The molecule has 0 bridgehead atoms. The Labute approximate surface area is 93.8 Å². The van der Waals surface area contributed by atoms with Crippen molar-refractivity contribution in [3.8, 4) is 0 Å². The summed E-state index contributed by atoms with van der Waals surface area (Å²) in [6.45, 7) is 4.79. The van der Waals surface area contributed by atoms with Crippen LogP contribution in [0.4, 0.5) is 0 Å². The van der Waals surface area contributed by atoms with Crippen LogP contribution in [-0.2, 0) is 30.7 Å². The van der Waals surface area contributed by atoms with Crippen molar-refractivity contribution in [2.24, 2.45) is 5.11 Å². The number of aromatic nitrogens is 2. The number of aryl methyl sites for hydroxylation is 1. The Balaban J connectivity index is 2.25. The van der Waals surface area contributed by atoms with Crippen LogP contribution in [0.15, 0.2) is 5.11 Å². The maximum Gasteiger partial charge on any atom is 0.0753 e. The first-order valence-electron chi connectivity index (χ1n) is 5.52. The van der Waals surface area contributed by atoms with Crippen molar-refractivity contribution in [3.63, 3.8) is 0 Å². The fraction of sp³-hybridized carbons (Fsp3) is 0.700. The SMILES string of the molecule is CCn1nc2c(c1CCN=[N+]=[N-])COCC2. The molecule has 0 aliphatic carbocycles. The summed E-state index contributed by atoms with van der Waals surface area (Å²) in [4.78, 5) is 2.77. The second-order valence-electron chi connectivity index (χ2n) is 3.69. The second kappa shape index (κ2) is 5.01. The molecule has 1 aliphatic heterocycles. The molecule has 16 heavy (non-hydrogen) atoms. The van der Waals surface area contributed by atoms with E-state index in [9.17, 15) is 0 Å². The molecule has 0 N–H and O–H groups in total. The van der Waals surface area contributed by atoms with Gasteiger partial charge in [0.15, 0.2) is 0 Å². The molecule has 1 aromatic rings. The maximum atomic E-state index is 8.27. The van der Waals surface area contributed by atoms with Gasteiger partial charge in [-0.25, -0.2) is 0 Å². The topological polar surface area (TPSA) is 75.8 Å². The molecule has 1 aliphatic rings. The Bertz CT molecular complexity index is 419. The van der Waals surface area contributed by atoms with E-state index in [1.165, 1.54) is 5.56 Å². The monoisotopic (exact) mass is 221 g/mol. The average Bonchev–Trinajstić information content (AvgIpc) is 2.68. The van der Waals surface area contributed by atoms with E-state index >= 15 is 0 Å². The molecule has 0 saturated carbocycles. The molecule has 86 valence electrons. The van der Waals surface area contributed by atoms with Gasteiger partial charge in [-0.2, -0.15) is 5.10 Å². The quantitative estimate of drug-likeness (QED) is 0.442. The van der Waals surface area contributed by atoms with E-state index in [4.69, 9.17) is 10.3 Å². The smallest absolute Gasteiger partial charge is 0.0753 e. The zero-order valence-corrected chi connectivity index (χ0v) is 9.39. The Hall–Kier alpha value is -1.52. The standard InChI is InChI=1S/C10H15N5O/c1-2-15-10(3-5-12-14-11)8-7-16-6-4-9(8)13-15/h2-7H2,1H3. The van der Waals surface area contributed by atoms with E-state index in [-0.39, 0.29) is 0 Å². The molecule has 6 heteroatoms. The van der Waals surface area contributed by atoms with Gasteiger partial charge < -0.3 is 4.74 Å². The van der Waals surface area contributed by atoms with Gasteiger partial charge in [-0.1, -0.05) is 5.11 Å². The largest absolute Gasteiger partial charge is 0.376 e. The summed E-state index contributed by atoms with van der Waals surface area (Å²) in [6, 6.07) is 0. The predicted octanol–water partition coefficient (Wildman–Crippen LogP) is 1.83. The molecular weight excluding hydrogens is 206 g/mol. The number of fused-ring (bicyclic) bond motifs is 1. The maximum absolute atomic E-state index is 8.27. The fourth-order valence-corrected chi connectivity index (χ4v) is 2.04. The number of hydrogen-bond acceptors (Lipinski definition) is 3. The van der Waals surface area contributed by atoms with E-state index in [0.717, 1.165) is 37.4 Å². The summed E-state index contributed by atoms with van der Waals surface area (Å²) in [6.07, 6.45) is 1.63. The minimum atomic E-state index is 0.481. The Morgan fingerprint density at radius 3 is 3.25 bits per heavy atom. The number of ether oxygens (including phenoxy) is 1. The molecule has 1 aromatic heterocycles. The van der Waals surface area contributed by atoms with Crippen molar-refractivity contribution in [3.05, 3.63) is 27.4 Å². The summed E-state index contributed by atoms with van der Waals surface area (Å²) in [7, 11) is 0. The number of azide groups is 1. The molecule has 0 amide bonds. The zero-order valence-electron chi connectivity index (χ0n) is 9.39. The first-order chi connectivity index (χ1) is 7.86. The predicted molar refractivity (Wildman–Crippen MR) is 59.0 cm³/mol. The number of hydrogen-bond donors (Lipinski definition) is 0. The first kappa shape index (κ1) is 11.0. The number of rotatable bonds is 4. The van der Waals surface area contributed by atoms with E-state index in [1.54, 1.807) is 0 Å². The first-order valence-corrected chi connectivity index (χ1v) is 5.52. The number of nitrogens with zero attached hydrogens (tertiary/aromatic N) is 5. The van der Waals surface area contributed by atoms with Crippen molar-refractivity contribution in [1.82, 2.24) is 9.78 Å². The Morgan fingerprint density at radius 2 is 2.50 bits per heavy atom. The van der Waals surface area contributed by atoms with Gasteiger partial charge >= 0.3 is 0 Å². The average molecular weight is 221 g/mol. The highest BCUT2D eigenvalue weighted by atomic mass is 16.5. The van der Waals surface area contributed by atoms with Gasteiger partial charge in [0.25, 0.3) is 0 Å². The van der Waals surface area contributed by atoms with Gasteiger partial charge in [-0.15, -0.1) is 0 Å². The van der Waals surface area contributed by atoms with Crippen LogP contribution in [-0.4, -0.2) is 22.9 Å². The lowest BCUT2D eigenvalue weighted by Gasteiger charge is -2.12. The lowest BCUT2D eigenvalue weighted by Crippen LogP contribution is -2.10. The third-order valence-corrected chi connectivity index (χ3v) is 2.79. The van der Waals surface area contributed by atoms with Gasteiger partial charge in [0.1, 0.15) is 0 Å². The van der Waals surface area contributed by atoms with Crippen LogP contribution >= 0.6 is 0 Å². The molecule has 0 aromatic carbocycles. The van der Waals surface area contributed by atoms with Crippen LogP contribution < -0.4 is 0 Å². The van der Waals surface area contributed by atoms with Crippen LogP contribution in [0, 0.1) is 0 Å². The zero-order chi connectivity index (χ0) is 11.4. The van der Waals surface area contributed by atoms with Gasteiger partial charge in [-0.3, -0.25) is 4.68 Å². The normalized spacial score (nSPS) is 14.3. The summed E-state index contributed by atoms with van der Waals surface area (Å²) in [5, 5.41) is 8.12. The molecule has 0 radical (unpaired) electrons. The lowest BCUT2D eigenvalue weighted by atomic mass is 10.1. The van der Waals surface area contributed by atoms with Crippen molar-refractivity contribution >= 4 is 0 Å². The van der Waals surface area contributed by atoms with Gasteiger partial charge in [0, 0.05) is 35.7 Å². The Morgan fingerprint density at radius 1 is 1.62 bits per heavy atom. The van der Waals surface area contributed by atoms with Gasteiger partial charge in [0.05, 0.1) is 18.9 Å². The van der Waals surface area contributed by atoms with E-state index in [0.29, 0.717) is 13.2 Å². The summed E-state index contributed by atoms with van der Waals surface area (Å²) in [5.41, 5.74) is 11.8. The second-order valence-corrected chi connectivity index (χ2v) is 3.69. The molecule has 0 atom stereocenters. The molecule has 0 unspecified atom stereocenters. The third kappa shape index (κ3) is 2.03. The Kier molecular flexibility index (Phi) is 3.44. The summed E-state index contributed by atoms with van der Waals surface area (Å²) in [5.74, 6) is 0. The highest BCUT2D eigenvalue weighted by Gasteiger charge is 2.19. The van der Waals surface area contributed by atoms with Crippen molar-refractivity contribution < 1.29 is 4.74 Å². The third-order valence-electron chi connectivity index (χ3n) is 2.79. The molecule has 0 fully saturated rings. The van der Waals surface area contributed by atoms with Gasteiger partial charge in [-0.05, 0) is 18.9 Å². The van der Waals surface area contributed by atoms with Crippen LogP contribution in [0.3, 0.4) is 0 Å². The van der Waals surface area contributed by atoms with Crippen LogP contribution in [0.5, 0.6) is 0 Å². The van der Waals surface area contributed by atoms with E-state index in [2.05, 4.69) is 22.0 Å². The van der Waals surface area contributed by atoms with E-state index < -0.39 is 0 Å². The minimum absolute atomic E-state index is 0.481. The van der Waals surface area contributed by atoms with Crippen LogP contribution in [0.1, 0.15) is 23.9 Å². The minimum Gasteiger partial charge on any atom is -0.376 e. The molecule has 2 heterocycles. The molecular formula is C10H15N5O. The summed E-state index contributed by atoms with van der Waals surface area (Å²) < 4.78 is 7.44. The van der Waals surface area contributed by atoms with E-state index in [1.807, 2.05) is 4.68 Å². The molecule has 2 rings (SSSR count). The fourth-order valence-electron chi connectivity index (χ4n) is 2.04. The van der Waals surface area contributed by atoms with Crippen molar-refractivity contribution in [1.29, 1.82) is 0 Å². The van der Waals surface area contributed by atoms with Crippen LogP contribution in [0.2, 0.25) is 0 Å². The highest BCUT2D eigenvalue weighted by molar-refractivity contribution is 5.27. The van der Waals surface area contributed by atoms with Gasteiger partial charge in [0.2, 0.25) is 0 Å². The lowest BCUT2D eigenvalue weighted by molar-refractivity contribution is 0.109. The summed E-state index contributed by atoms with van der Waals surface area (Å²) >= 11 is 0. The highest BCUT2D eigenvalue weighted by Crippen LogP contribution is 2.21. The molecule has 6 nitrogen and oxygen atoms in total. The van der Waals surface area contributed by atoms with Crippen molar-refractivity contribution in [2.75, 3.05) is 13.2 Å². The van der Waals surface area contributed by atoms with Crippen molar-refractivity contribution in [2.45, 2.75) is 32.9 Å². The molecule has 0 spiro atoms. The molecule has 0 saturated heterocycles. The van der Waals surface area contributed by atoms with Crippen LogP contribution in [0.25, 0.3) is 10.4 Å².